The summed E-state index contributed by atoms with van der Waals surface area (Å²) >= 11 is 0. The van der Waals surface area contributed by atoms with Gasteiger partial charge >= 0.3 is 0 Å². The van der Waals surface area contributed by atoms with Crippen molar-refractivity contribution in [3.63, 3.8) is 0 Å². The van der Waals surface area contributed by atoms with Gasteiger partial charge in [-0.25, -0.2) is 0 Å². The van der Waals surface area contributed by atoms with Crippen LogP contribution in [-0.2, 0) is 11.2 Å². The first-order valence-corrected chi connectivity index (χ1v) is 8.35. The molecule has 0 saturated carbocycles. The number of anilines is 2. The van der Waals surface area contributed by atoms with Crippen LogP contribution >= 0.6 is 0 Å². The standard InChI is InChI=1S/C19H21N3O3/c1-13-7-10-16(18(11-13)22(24)25)20-19(23)12-21-14(2)8-9-15-5-3-4-6-17(15)21/h3-7,10-11,14H,8-9,12H2,1-2H3,(H,20,23). The van der Waals surface area contributed by atoms with E-state index in [1.807, 2.05) is 18.2 Å². The first-order chi connectivity index (χ1) is 12.0. The summed E-state index contributed by atoms with van der Waals surface area (Å²) in [5.41, 5.74) is 3.23. The molecule has 0 bridgehead atoms. The van der Waals surface area contributed by atoms with Crippen LogP contribution in [0.25, 0.3) is 0 Å². The van der Waals surface area contributed by atoms with Crippen molar-refractivity contribution in [1.82, 2.24) is 0 Å². The number of nitro benzene ring substituents is 1. The Hall–Kier alpha value is -2.89. The van der Waals surface area contributed by atoms with E-state index in [1.165, 1.54) is 11.6 Å². The van der Waals surface area contributed by atoms with E-state index in [2.05, 4.69) is 23.2 Å². The van der Waals surface area contributed by atoms with Gasteiger partial charge in [0.2, 0.25) is 5.91 Å². The number of rotatable bonds is 4. The summed E-state index contributed by atoms with van der Waals surface area (Å²) in [6, 6.07) is 13.1. The van der Waals surface area contributed by atoms with E-state index >= 15 is 0 Å². The van der Waals surface area contributed by atoms with Crippen molar-refractivity contribution in [2.24, 2.45) is 0 Å². The number of hydrogen-bond acceptors (Lipinski definition) is 4. The summed E-state index contributed by atoms with van der Waals surface area (Å²) in [5.74, 6) is -0.254. The van der Waals surface area contributed by atoms with Crippen molar-refractivity contribution in [2.45, 2.75) is 32.7 Å². The van der Waals surface area contributed by atoms with Crippen molar-refractivity contribution in [3.05, 3.63) is 63.7 Å². The molecule has 6 nitrogen and oxygen atoms in total. The fourth-order valence-electron chi connectivity index (χ4n) is 3.24. The third kappa shape index (κ3) is 3.63. The summed E-state index contributed by atoms with van der Waals surface area (Å²) in [6.45, 7) is 4.05. The minimum absolute atomic E-state index is 0.0829. The highest BCUT2D eigenvalue weighted by molar-refractivity contribution is 5.96. The van der Waals surface area contributed by atoms with Crippen LogP contribution in [0.15, 0.2) is 42.5 Å². The molecule has 1 aliphatic rings. The number of carbonyl (C=O) groups is 1. The van der Waals surface area contributed by atoms with Gasteiger partial charge in [-0.15, -0.1) is 0 Å². The Morgan fingerprint density at radius 1 is 1.32 bits per heavy atom. The number of aryl methyl sites for hydroxylation is 2. The van der Waals surface area contributed by atoms with Gasteiger partial charge in [0.05, 0.1) is 11.5 Å². The summed E-state index contributed by atoms with van der Waals surface area (Å²) in [4.78, 5) is 25.3. The number of para-hydroxylation sites is 1. The number of benzene rings is 2. The van der Waals surface area contributed by atoms with E-state index < -0.39 is 4.92 Å². The molecule has 130 valence electrons. The van der Waals surface area contributed by atoms with E-state index in [9.17, 15) is 14.9 Å². The highest BCUT2D eigenvalue weighted by Gasteiger charge is 2.25. The Bertz CT molecular complexity index is 819. The molecule has 1 heterocycles. The smallest absolute Gasteiger partial charge is 0.293 e. The van der Waals surface area contributed by atoms with Gasteiger partial charge in [-0.05, 0) is 49.9 Å². The SMILES string of the molecule is Cc1ccc(NC(=O)CN2c3ccccc3CCC2C)c([N+](=O)[O-])c1. The predicted molar refractivity (Wildman–Crippen MR) is 98.0 cm³/mol. The Balaban J connectivity index is 1.79. The summed E-state index contributed by atoms with van der Waals surface area (Å²) in [6.07, 6.45) is 1.98. The molecule has 1 amide bonds. The van der Waals surface area contributed by atoms with Gasteiger partial charge < -0.3 is 10.2 Å². The monoisotopic (exact) mass is 339 g/mol. The minimum Gasteiger partial charge on any atom is -0.359 e. The number of carbonyl (C=O) groups excluding carboxylic acids is 1. The van der Waals surface area contributed by atoms with Crippen molar-refractivity contribution in [2.75, 3.05) is 16.8 Å². The average Bonchev–Trinajstić information content (AvgIpc) is 2.59. The highest BCUT2D eigenvalue weighted by Crippen LogP contribution is 2.30. The number of nitro groups is 1. The zero-order valence-electron chi connectivity index (χ0n) is 14.4. The maximum absolute atomic E-state index is 12.5. The molecule has 1 atom stereocenters. The number of nitrogens with zero attached hydrogens (tertiary/aromatic N) is 2. The lowest BCUT2D eigenvalue weighted by Crippen LogP contribution is -2.42. The third-order valence-corrected chi connectivity index (χ3v) is 4.60. The molecule has 6 heteroatoms. The predicted octanol–water partition coefficient (Wildman–Crippen LogP) is 3.68. The van der Waals surface area contributed by atoms with Crippen LogP contribution in [0.4, 0.5) is 17.1 Å². The second-order valence-electron chi connectivity index (χ2n) is 6.47. The summed E-state index contributed by atoms with van der Waals surface area (Å²) < 4.78 is 0. The van der Waals surface area contributed by atoms with Gasteiger partial charge in [0.1, 0.15) is 5.69 Å². The molecular weight excluding hydrogens is 318 g/mol. The van der Waals surface area contributed by atoms with E-state index in [0.717, 1.165) is 24.1 Å². The van der Waals surface area contributed by atoms with Crippen LogP contribution in [0.5, 0.6) is 0 Å². The second-order valence-corrected chi connectivity index (χ2v) is 6.47. The fraction of sp³-hybridized carbons (Fsp3) is 0.316. The van der Waals surface area contributed by atoms with Gasteiger partial charge in [-0.3, -0.25) is 14.9 Å². The van der Waals surface area contributed by atoms with E-state index in [0.29, 0.717) is 0 Å². The van der Waals surface area contributed by atoms with Crippen LogP contribution in [0.1, 0.15) is 24.5 Å². The van der Waals surface area contributed by atoms with Gasteiger partial charge in [0.15, 0.2) is 0 Å². The molecule has 1 N–H and O–H groups in total. The molecule has 0 aromatic heterocycles. The zero-order valence-corrected chi connectivity index (χ0v) is 14.4. The van der Waals surface area contributed by atoms with Crippen LogP contribution in [0, 0.1) is 17.0 Å². The molecule has 0 spiro atoms. The largest absolute Gasteiger partial charge is 0.359 e. The Morgan fingerprint density at radius 3 is 2.84 bits per heavy atom. The molecule has 1 unspecified atom stereocenters. The lowest BCUT2D eigenvalue weighted by Gasteiger charge is -2.36. The number of fused-ring (bicyclic) bond motifs is 1. The van der Waals surface area contributed by atoms with E-state index in [1.54, 1.807) is 19.1 Å². The zero-order chi connectivity index (χ0) is 18.0. The molecule has 2 aromatic carbocycles. The lowest BCUT2D eigenvalue weighted by atomic mass is 9.96. The normalized spacial score (nSPS) is 16.2. The number of nitrogens with one attached hydrogen (secondary N) is 1. The van der Waals surface area contributed by atoms with Gasteiger partial charge in [-0.2, -0.15) is 0 Å². The Kier molecular flexibility index (Phi) is 4.70. The molecule has 0 aliphatic carbocycles. The molecule has 0 fully saturated rings. The van der Waals surface area contributed by atoms with Crippen molar-refractivity contribution >= 4 is 23.0 Å². The van der Waals surface area contributed by atoms with E-state index in [4.69, 9.17) is 0 Å². The van der Waals surface area contributed by atoms with Crippen LogP contribution in [0.3, 0.4) is 0 Å². The van der Waals surface area contributed by atoms with Crippen LogP contribution in [-0.4, -0.2) is 23.4 Å². The molecular formula is C19H21N3O3. The summed E-state index contributed by atoms with van der Waals surface area (Å²) in [7, 11) is 0. The maximum Gasteiger partial charge on any atom is 0.293 e. The molecule has 3 rings (SSSR count). The Morgan fingerprint density at radius 2 is 2.08 bits per heavy atom. The Labute approximate surface area is 146 Å². The quantitative estimate of drug-likeness (QED) is 0.681. The number of hydrogen-bond donors (Lipinski definition) is 1. The first kappa shape index (κ1) is 17.0. The fourth-order valence-corrected chi connectivity index (χ4v) is 3.24. The van der Waals surface area contributed by atoms with E-state index in [-0.39, 0.29) is 29.9 Å². The van der Waals surface area contributed by atoms with Crippen LogP contribution < -0.4 is 10.2 Å². The van der Waals surface area contributed by atoms with Crippen molar-refractivity contribution in [1.29, 1.82) is 0 Å². The number of amides is 1. The van der Waals surface area contributed by atoms with Crippen LogP contribution in [0.2, 0.25) is 0 Å². The molecule has 2 aromatic rings. The topological polar surface area (TPSA) is 75.5 Å². The highest BCUT2D eigenvalue weighted by atomic mass is 16.6. The third-order valence-electron chi connectivity index (χ3n) is 4.60. The minimum atomic E-state index is -0.471. The van der Waals surface area contributed by atoms with Gasteiger partial charge in [0.25, 0.3) is 5.69 Å². The molecule has 1 aliphatic heterocycles. The molecule has 25 heavy (non-hydrogen) atoms. The molecule has 0 saturated heterocycles. The van der Waals surface area contributed by atoms with Gasteiger partial charge in [-0.1, -0.05) is 24.3 Å². The van der Waals surface area contributed by atoms with Gasteiger partial charge in [0, 0.05) is 17.8 Å². The van der Waals surface area contributed by atoms with Crippen molar-refractivity contribution in [3.8, 4) is 0 Å². The first-order valence-electron chi connectivity index (χ1n) is 8.35. The maximum atomic E-state index is 12.5. The van der Waals surface area contributed by atoms with Crippen molar-refractivity contribution < 1.29 is 9.72 Å². The lowest BCUT2D eigenvalue weighted by molar-refractivity contribution is -0.384. The average molecular weight is 339 g/mol. The second kappa shape index (κ2) is 6.93. The molecule has 0 radical (unpaired) electrons. The summed E-state index contributed by atoms with van der Waals surface area (Å²) in [5, 5.41) is 13.9.